The molecular formula is C17H29NO2S. The Morgan fingerprint density at radius 3 is 2.05 bits per heavy atom. The van der Waals surface area contributed by atoms with E-state index in [1.807, 2.05) is 13.8 Å². The van der Waals surface area contributed by atoms with Crippen LogP contribution in [-0.2, 0) is 22.7 Å². The van der Waals surface area contributed by atoms with Gasteiger partial charge in [0.1, 0.15) is 0 Å². The Labute approximate surface area is 130 Å². The Balaban J connectivity index is 2.97. The van der Waals surface area contributed by atoms with E-state index in [4.69, 9.17) is 0 Å². The van der Waals surface area contributed by atoms with Crippen LogP contribution in [0.5, 0.6) is 0 Å². The van der Waals surface area contributed by atoms with Crippen molar-refractivity contribution in [2.24, 2.45) is 0 Å². The summed E-state index contributed by atoms with van der Waals surface area (Å²) in [5.41, 5.74) is 2.48. The van der Waals surface area contributed by atoms with Crippen LogP contribution in [0.25, 0.3) is 0 Å². The molecule has 1 N–H and O–H groups in total. The lowest BCUT2D eigenvalue weighted by molar-refractivity contribution is 0.406. The highest BCUT2D eigenvalue weighted by atomic mass is 32.2. The summed E-state index contributed by atoms with van der Waals surface area (Å²) in [6, 6.07) is 8.38. The molecule has 0 spiro atoms. The lowest BCUT2D eigenvalue weighted by Crippen LogP contribution is -2.52. The molecule has 1 atom stereocenters. The van der Waals surface area contributed by atoms with E-state index in [1.54, 1.807) is 0 Å². The molecule has 1 unspecified atom stereocenters. The molecule has 1 aromatic rings. The fourth-order valence-corrected chi connectivity index (χ4v) is 2.97. The van der Waals surface area contributed by atoms with E-state index in [0.717, 1.165) is 25.8 Å². The molecule has 0 saturated carbocycles. The molecule has 120 valence electrons. The molecule has 0 aliphatic rings. The zero-order valence-electron chi connectivity index (χ0n) is 13.9. The van der Waals surface area contributed by atoms with Crippen molar-refractivity contribution in [1.29, 1.82) is 0 Å². The average molecular weight is 311 g/mol. The van der Waals surface area contributed by atoms with Crippen LogP contribution in [0.2, 0.25) is 0 Å². The summed E-state index contributed by atoms with van der Waals surface area (Å²) in [6.07, 6.45) is 4.07. The minimum absolute atomic E-state index is 0.0834. The monoisotopic (exact) mass is 311 g/mol. The summed E-state index contributed by atoms with van der Waals surface area (Å²) >= 11 is 0. The summed E-state index contributed by atoms with van der Waals surface area (Å²) in [4.78, 5) is 0. The molecule has 0 bridgehead atoms. The van der Waals surface area contributed by atoms with Gasteiger partial charge >= 0.3 is 0 Å². The summed E-state index contributed by atoms with van der Waals surface area (Å²) in [6.45, 7) is 8.68. The van der Waals surface area contributed by atoms with E-state index in [9.17, 15) is 8.42 Å². The Morgan fingerprint density at radius 2 is 1.62 bits per heavy atom. The Hall–Kier alpha value is -0.870. The quantitative estimate of drug-likeness (QED) is 0.803. The van der Waals surface area contributed by atoms with Gasteiger partial charge in [0, 0.05) is 12.3 Å². The van der Waals surface area contributed by atoms with Gasteiger partial charge in [-0.05, 0) is 50.8 Å². The van der Waals surface area contributed by atoms with Crippen LogP contribution in [-0.4, -0.2) is 32.0 Å². The highest BCUT2D eigenvalue weighted by Crippen LogP contribution is 2.23. The summed E-state index contributed by atoms with van der Waals surface area (Å²) in [5.74, 6) is 0. The van der Waals surface area contributed by atoms with Crippen LogP contribution in [0.15, 0.2) is 24.3 Å². The maximum Gasteiger partial charge on any atom is 0.154 e. The van der Waals surface area contributed by atoms with Gasteiger partial charge in [0.15, 0.2) is 9.84 Å². The topological polar surface area (TPSA) is 46.2 Å². The smallest absolute Gasteiger partial charge is 0.154 e. The highest BCUT2D eigenvalue weighted by Gasteiger charge is 2.38. The molecule has 21 heavy (non-hydrogen) atoms. The second-order valence-electron chi connectivity index (χ2n) is 6.26. The van der Waals surface area contributed by atoms with Crippen molar-refractivity contribution in [1.82, 2.24) is 5.32 Å². The van der Waals surface area contributed by atoms with E-state index in [-0.39, 0.29) is 6.04 Å². The first-order valence-electron chi connectivity index (χ1n) is 7.73. The second-order valence-corrected chi connectivity index (χ2v) is 8.85. The average Bonchev–Trinajstić information content (AvgIpc) is 2.42. The minimum atomic E-state index is -3.13. The number of nitrogens with one attached hydrogen (secondary N) is 1. The summed E-state index contributed by atoms with van der Waals surface area (Å²) < 4.78 is 23.4. The predicted molar refractivity (Wildman–Crippen MR) is 90.5 cm³/mol. The third-order valence-corrected chi connectivity index (χ3v) is 6.50. The molecule has 0 radical (unpaired) electrons. The molecule has 0 amide bonds. The molecule has 0 fully saturated rings. The Kier molecular flexibility index (Phi) is 6.41. The fourth-order valence-electron chi connectivity index (χ4n) is 2.29. The zero-order chi connectivity index (χ0) is 16.1. The normalized spacial score (nSPS) is 14.1. The fraction of sp³-hybridized carbons (Fsp3) is 0.647. The van der Waals surface area contributed by atoms with Crippen molar-refractivity contribution in [2.75, 3.05) is 12.8 Å². The molecule has 0 aliphatic carbocycles. The Bertz CT molecular complexity index is 532. The first-order chi connectivity index (χ1) is 9.72. The Morgan fingerprint density at radius 1 is 1.10 bits per heavy atom. The van der Waals surface area contributed by atoms with Crippen molar-refractivity contribution in [3.05, 3.63) is 35.4 Å². The molecule has 1 rings (SSSR count). The molecule has 0 aliphatic heterocycles. The van der Waals surface area contributed by atoms with Crippen LogP contribution in [0.3, 0.4) is 0 Å². The maximum atomic E-state index is 12.1. The molecule has 0 heterocycles. The first-order valence-corrected chi connectivity index (χ1v) is 9.62. The van der Waals surface area contributed by atoms with Gasteiger partial charge in [-0.3, -0.25) is 0 Å². The number of hydrogen-bond donors (Lipinski definition) is 1. The van der Waals surface area contributed by atoms with Gasteiger partial charge in [-0.25, -0.2) is 8.42 Å². The molecule has 3 nitrogen and oxygen atoms in total. The molecule has 0 saturated heterocycles. The van der Waals surface area contributed by atoms with Gasteiger partial charge in [0.25, 0.3) is 0 Å². The van der Waals surface area contributed by atoms with Crippen molar-refractivity contribution in [3.8, 4) is 0 Å². The molecule has 1 aromatic carbocycles. The molecular weight excluding hydrogens is 282 g/mol. The van der Waals surface area contributed by atoms with Crippen molar-refractivity contribution >= 4 is 9.84 Å². The van der Waals surface area contributed by atoms with Crippen LogP contribution in [0.1, 0.15) is 45.2 Å². The number of rotatable bonds is 8. The van der Waals surface area contributed by atoms with Crippen LogP contribution in [0, 0.1) is 0 Å². The van der Waals surface area contributed by atoms with E-state index < -0.39 is 14.6 Å². The predicted octanol–water partition coefficient (Wildman–Crippen LogP) is 2.98. The minimum Gasteiger partial charge on any atom is -0.312 e. The standard InChI is InChI=1S/C17H29NO2S/c1-6-12-18-16(17(3,4)21(5,19)20)13-15-10-8-14(7-2)9-11-15/h8-11,16,18H,6-7,12-13H2,1-5H3. The lowest BCUT2D eigenvalue weighted by atomic mass is 9.94. The second kappa shape index (κ2) is 7.41. The van der Waals surface area contributed by atoms with E-state index in [2.05, 4.69) is 43.4 Å². The zero-order valence-corrected chi connectivity index (χ0v) is 14.8. The third-order valence-electron chi connectivity index (χ3n) is 4.31. The van der Waals surface area contributed by atoms with Crippen LogP contribution >= 0.6 is 0 Å². The number of hydrogen-bond acceptors (Lipinski definition) is 3. The highest BCUT2D eigenvalue weighted by molar-refractivity contribution is 7.92. The van der Waals surface area contributed by atoms with Gasteiger partial charge in [0.2, 0.25) is 0 Å². The summed E-state index contributed by atoms with van der Waals surface area (Å²) in [7, 11) is -3.13. The lowest BCUT2D eigenvalue weighted by Gasteiger charge is -2.33. The SMILES string of the molecule is CCCNC(Cc1ccc(CC)cc1)C(C)(C)S(C)(=O)=O. The molecule has 4 heteroatoms. The van der Waals surface area contributed by atoms with Gasteiger partial charge in [-0.15, -0.1) is 0 Å². The van der Waals surface area contributed by atoms with Crippen molar-refractivity contribution < 1.29 is 8.42 Å². The van der Waals surface area contributed by atoms with Crippen molar-refractivity contribution in [3.63, 3.8) is 0 Å². The van der Waals surface area contributed by atoms with E-state index in [1.165, 1.54) is 17.4 Å². The maximum absolute atomic E-state index is 12.1. The van der Waals surface area contributed by atoms with Crippen molar-refractivity contribution in [2.45, 2.75) is 57.7 Å². The summed E-state index contributed by atoms with van der Waals surface area (Å²) in [5, 5.41) is 3.41. The third kappa shape index (κ3) is 4.82. The van der Waals surface area contributed by atoms with E-state index >= 15 is 0 Å². The van der Waals surface area contributed by atoms with Crippen LogP contribution < -0.4 is 5.32 Å². The number of aryl methyl sites for hydroxylation is 1. The number of sulfone groups is 1. The molecule has 0 aromatic heterocycles. The van der Waals surface area contributed by atoms with Gasteiger partial charge < -0.3 is 5.32 Å². The number of benzene rings is 1. The largest absolute Gasteiger partial charge is 0.312 e. The first kappa shape index (κ1) is 18.2. The van der Waals surface area contributed by atoms with Gasteiger partial charge in [0.05, 0.1) is 4.75 Å². The van der Waals surface area contributed by atoms with Gasteiger partial charge in [-0.1, -0.05) is 38.1 Å². The van der Waals surface area contributed by atoms with Gasteiger partial charge in [-0.2, -0.15) is 0 Å². The van der Waals surface area contributed by atoms with Crippen LogP contribution in [0.4, 0.5) is 0 Å². The van der Waals surface area contributed by atoms with E-state index in [0.29, 0.717) is 0 Å².